The first-order chi connectivity index (χ1) is 22.6. The van der Waals surface area contributed by atoms with Crippen molar-refractivity contribution in [3.05, 3.63) is 82.1 Å². The van der Waals surface area contributed by atoms with Gasteiger partial charge in [-0.05, 0) is 110 Å². The Bertz CT molecular complexity index is 1940. The number of amides is 2. The molecule has 256 valence electrons. The van der Waals surface area contributed by atoms with Crippen LogP contribution in [0.3, 0.4) is 0 Å². The molecule has 4 aromatic rings. The lowest BCUT2D eigenvalue weighted by atomic mass is 9.81. The average molecular weight is 695 g/mol. The lowest BCUT2D eigenvalue weighted by Gasteiger charge is -2.28. The van der Waals surface area contributed by atoms with Gasteiger partial charge >= 0.3 is 0 Å². The summed E-state index contributed by atoms with van der Waals surface area (Å²) in [6, 6.07) is 17.0. The highest BCUT2D eigenvalue weighted by Gasteiger charge is 2.30. The number of sulfonamides is 1. The highest BCUT2D eigenvalue weighted by molar-refractivity contribution is 7.89. The van der Waals surface area contributed by atoms with Crippen molar-refractivity contribution in [2.24, 2.45) is 17.6 Å². The quantitative estimate of drug-likeness (QED) is 0.164. The second-order valence-corrected chi connectivity index (χ2v) is 14.8. The molecule has 1 aromatic heterocycles. The van der Waals surface area contributed by atoms with Crippen LogP contribution >= 0.6 is 12.4 Å². The number of fused-ring (bicyclic) bond motifs is 1. The number of nitrogens with one attached hydrogen (secondary N) is 4. The van der Waals surface area contributed by atoms with E-state index in [1.165, 1.54) is 4.31 Å². The van der Waals surface area contributed by atoms with Crippen LogP contribution in [0.15, 0.2) is 70.4 Å². The lowest BCUT2D eigenvalue weighted by Crippen LogP contribution is -2.48. The maximum Gasteiger partial charge on any atom is 0.271 e. The number of nitrogens with two attached hydrogens (primary N) is 1. The van der Waals surface area contributed by atoms with Gasteiger partial charge in [0.15, 0.2) is 0 Å². The zero-order valence-corrected chi connectivity index (χ0v) is 28.6. The second kappa shape index (κ2) is 15.1. The summed E-state index contributed by atoms with van der Waals surface area (Å²) in [5.41, 5.74) is 10.0. The SMILES string of the molecule is Cc1ccc(S(=O)(=O)N2CCCC2)cc1-c1cccc(C[C@H](NC(=O)[C@H]2CC[C@H](CN)CC2)C(=O)Nc2ccc3c(=O)[nH][nH]c3c2)c1.Cl. The first-order valence-electron chi connectivity index (χ1n) is 16.3. The predicted molar refractivity (Wildman–Crippen MR) is 190 cm³/mol. The summed E-state index contributed by atoms with van der Waals surface area (Å²) in [6.45, 7) is 3.61. The van der Waals surface area contributed by atoms with Crippen LogP contribution in [0, 0.1) is 18.8 Å². The number of carbonyl (C=O) groups is 2. The third-order valence-electron chi connectivity index (χ3n) is 9.62. The largest absolute Gasteiger partial charge is 0.344 e. The molecule has 2 aliphatic rings. The molecule has 1 saturated carbocycles. The number of aryl methyl sites for hydroxylation is 1. The molecule has 13 heteroatoms. The molecular formula is C35H43ClN6O5S. The van der Waals surface area contributed by atoms with Crippen molar-refractivity contribution in [1.29, 1.82) is 0 Å². The summed E-state index contributed by atoms with van der Waals surface area (Å²) in [5.74, 6) is -0.309. The Labute approximate surface area is 286 Å². The van der Waals surface area contributed by atoms with Gasteiger partial charge in [0, 0.05) is 31.1 Å². The average Bonchev–Trinajstić information content (AvgIpc) is 3.76. The van der Waals surface area contributed by atoms with Crippen LogP contribution < -0.4 is 21.9 Å². The zero-order chi connectivity index (χ0) is 33.1. The number of aromatic nitrogens is 2. The molecule has 1 aliphatic carbocycles. The smallest absolute Gasteiger partial charge is 0.271 e. The number of nitrogens with zero attached hydrogens (tertiary/aromatic N) is 1. The third kappa shape index (κ3) is 7.67. The fraction of sp³-hybridized carbons (Fsp3) is 0.400. The van der Waals surface area contributed by atoms with Crippen molar-refractivity contribution in [1.82, 2.24) is 19.8 Å². The fourth-order valence-corrected chi connectivity index (χ4v) is 8.30. The van der Waals surface area contributed by atoms with Crippen LogP contribution in [-0.4, -0.2) is 60.4 Å². The maximum atomic E-state index is 13.8. The van der Waals surface area contributed by atoms with E-state index in [1.54, 1.807) is 30.3 Å². The Hall–Kier alpha value is -3.97. The molecule has 0 unspecified atom stereocenters. The van der Waals surface area contributed by atoms with E-state index in [9.17, 15) is 22.8 Å². The van der Waals surface area contributed by atoms with Gasteiger partial charge in [0.25, 0.3) is 5.56 Å². The summed E-state index contributed by atoms with van der Waals surface area (Å²) in [5, 5.41) is 11.8. The lowest BCUT2D eigenvalue weighted by molar-refractivity contribution is -0.130. The highest BCUT2D eigenvalue weighted by atomic mass is 35.5. The number of H-pyrrole nitrogens is 2. The minimum Gasteiger partial charge on any atom is -0.344 e. The Balaban J connectivity index is 0.00000451. The first-order valence-corrected chi connectivity index (χ1v) is 17.8. The number of benzene rings is 3. The summed E-state index contributed by atoms with van der Waals surface area (Å²) in [4.78, 5) is 39.5. The van der Waals surface area contributed by atoms with Crippen molar-refractivity contribution in [2.75, 3.05) is 25.0 Å². The minimum absolute atomic E-state index is 0. The van der Waals surface area contributed by atoms with E-state index in [4.69, 9.17) is 5.73 Å². The predicted octanol–water partition coefficient (Wildman–Crippen LogP) is 4.47. The second-order valence-electron chi connectivity index (χ2n) is 12.8. The number of carbonyl (C=O) groups excluding carboxylic acids is 2. The molecular weight excluding hydrogens is 652 g/mol. The summed E-state index contributed by atoms with van der Waals surface area (Å²) in [7, 11) is -3.59. The Morgan fingerprint density at radius 2 is 1.73 bits per heavy atom. The summed E-state index contributed by atoms with van der Waals surface area (Å²) in [6.07, 6.45) is 5.16. The van der Waals surface area contributed by atoms with Crippen molar-refractivity contribution >= 4 is 50.8 Å². The maximum absolute atomic E-state index is 13.8. The number of rotatable bonds is 10. The molecule has 2 fully saturated rings. The highest BCUT2D eigenvalue weighted by Crippen LogP contribution is 2.31. The monoisotopic (exact) mass is 694 g/mol. The molecule has 48 heavy (non-hydrogen) atoms. The molecule has 2 amide bonds. The van der Waals surface area contributed by atoms with Crippen molar-refractivity contribution in [2.45, 2.75) is 62.8 Å². The molecule has 6 N–H and O–H groups in total. The molecule has 0 spiro atoms. The van der Waals surface area contributed by atoms with Gasteiger partial charge in [-0.1, -0.05) is 30.3 Å². The number of anilines is 1. The van der Waals surface area contributed by atoms with E-state index in [1.807, 2.05) is 37.3 Å². The van der Waals surface area contributed by atoms with Gasteiger partial charge in [-0.15, -0.1) is 12.4 Å². The van der Waals surface area contributed by atoms with Crippen LogP contribution in [0.5, 0.6) is 0 Å². The summed E-state index contributed by atoms with van der Waals surface area (Å²) < 4.78 is 28.2. The van der Waals surface area contributed by atoms with Gasteiger partial charge in [-0.2, -0.15) is 4.31 Å². The van der Waals surface area contributed by atoms with Crippen LogP contribution in [-0.2, 0) is 26.0 Å². The zero-order valence-electron chi connectivity index (χ0n) is 27.0. The van der Waals surface area contributed by atoms with Gasteiger partial charge in [0.1, 0.15) is 6.04 Å². The number of hydrogen-bond donors (Lipinski definition) is 5. The van der Waals surface area contributed by atoms with Gasteiger partial charge in [-0.25, -0.2) is 8.42 Å². The van der Waals surface area contributed by atoms with E-state index in [2.05, 4.69) is 20.8 Å². The topological polar surface area (TPSA) is 170 Å². The molecule has 11 nitrogen and oxygen atoms in total. The normalized spacial score (nSPS) is 19.0. The van der Waals surface area contributed by atoms with Crippen LogP contribution in [0.2, 0.25) is 0 Å². The number of aromatic amines is 2. The van der Waals surface area contributed by atoms with Gasteiger partial charge in [-0.3, -0.25) is 24.6 Å². The molecule has 6 rings (SSSR count). The van der Waals surface area contributed by atoms with Crippen LogP contribution in [0.4, 0.5) is 5.69 Å². The molecule has 0 bridgehead atoms. The van der Waals surface area contributed by atoms with Gasteiger partial charge < -0.3 is 16.4 Å². The van der Waals surface area contributed by atoms with E-state index >= 15 is 0 Å². The van der Waals surface area contributed by atoms with Gasteiger partial charge in [0.2, 0.25) is 21.8 Å². The Kier molecular flexibility index (Phi) is 11.1. The third-order valence-corrected chi connectivity index (χ3v) is 11.5. The van der Waals surface area contributed by atoms with Crippen LogP contribution in [0.25, 0.3) is 22.0 Å². The molecule has 2 heterocycles. The Morgan fingerprint density at radius 3 is 2.46 bits per heavy atom. The molecule has 1 atom stereocenters. The van der Waals surface area contributed by atoms with Crippen LogP contribution in [0.1, 0.15) is 49.7 Å². The first kappa shape index (κ1) is 35.3. The summed E-state index contributed by atoms with van der Waals surface area (Å²) >= 11 is 0. The number of halogens is 1. The number of hydrogen-bond acceptors (Lipinski definition) is 6. The van der Waals surface area contributed by atoms with Crippen molar-refractivity contribution in [3.63, 3.8) is 0 Å². The standard InChI is InChI=1S/C35H42N6O5S.ClH/c1-22-7-13-28(47(45,46)41-15-2-3-16-41)20-30(22)26-6-4-5-24(17-26)18-32(38-33(42)25-10-8-23(21-36)9-11-25)35(44)37-27-12-14-29-31(19-27)39-40-34(29)43;/h4-7,12-14,17,19-20,23,25,32H,2-3,8-11,15-16,18,21,36H2,1H3,(H,37,44)(H,38,42)(H2,39,40,43);1H/t23-,25-,32-;/m0./s1. The molecule has 1 saturated heterocycles. The minimum atomic E-state index is -3.59. The van der Waals surface area contributed by atoms with E-state index < -0.39 is 16.1 Å². The molecule has 1 aliphatic heterocycles. The van der Waals surface area contributed by atoms with Crippen molar-refractivity contribution < 1.29 is 18.0 Å². The van der Waals surface area contributed by atoms with E-state index in [0.29, 0.717) is 42.1 Å². The molecule has 3 aromatic carbocycles. The molecule has 0 radical (unpaired) electrons. The fourth-order valence-electron chi connectivity index (χ4n) is 6.76. The van der Waals surface area contributed by atoms with Crippen molar-refractivity contribution in [3.8, 4) is 11.1 Å². The van der Waals surface area contributed by atoms with E-state index in [-0.39, 0.29) is 47.0 Å². The Morgan fingerprint density at radius 1 is 0.979 bits per heavy atom. The van der Waals surface area contributed by atoms with Gasteiger partial charge in [0.05, 0.1) is 15.8 Å². The van der Waals surface area contributed by atoms with E-state index in [0.717, 1.165) is 60.8 Å².